The maximum Gasteiger partial charge on any atom is 0.151 e. The summed E-state index contributed by atoms with van der Waals surface area (Å²) in [5, 5.41) is 3.27. The molecule has 1 aliphatic rings. The van der Waals surface area contributed by atoms with E-state index in [0.717, 1.165) is 17.7 Å². The van der Waals surface area contributed by atoms with Gasteiger partial charge in [-0.2, -0.15) is 0 Å². The van der Waals surface area contributed by atoms with E-state index in [2.05, 4.69) is 5.32 Å². The van der Waals surface area contributed by atoms with Crippen LogP contribution in [0.2, 0.25) is 0 Å². The van der Waals surface area contributed by atoms with Crippen molar-refractivity contribution in [3.05, 3.63) is 29.8 Å². The van der Waals surface area contributed by atoms with Crippen molar-refractivity contribution in [1.82, 2.24) is 5.32 Å². The highest BCUT2D eigenvalue weighted by Gasteiger charge is 2.27. The smallest absolute Gasteiger partial charge is 0.151 e. The van der Waals surface area contributed by atoms with Crippen LogP contribution in [0.15, 0.2) is 24.3 Å². The zero-order chi connectivity index (χ0) is 12.3. The third-order valence-corrected chi connectivity index (χ3v) is 4.75. The fourth-order valence-electron chi connectivity index (χ4n) is 1.96. The summed E-state index contributed by atoms with van der Waals surface area (Å²) in [6.07, 6.45) is 0.721. The van der Waals surface area contributed by atoms with Crippen LogP contribution in [0.5, 0.6) is 5.75 Å². The van der Waals surface area contributed by atoms with Gasteiger partial charge in [0.2, 0.25) is 0 Å². The van der Waals surface area contributed by atoms with E-state index in [9.17, 15) is 8.42 Å². The molecular formula is C12H17NO3S. The Bertz CT molecular complexity index is 467. The quantitative estimate of drug-likeness (QED) is 0.871. The maximum atomic E-state index is 11.3. The van der Waals surface area contributed by atoms with Crippen LogP contribution in [0.25, 0.3) is 0 Å². The Kier molecular flexibility index (Phi) is 3.69. The summed E-state index contributed by atoms with van der Waals surface area (Å²) in [6.45, 7) is 0.699. The average Bonchev–Trinajstić information content (AvgIpc) is 2.67. The van der Waals surface area contributed by atoms with Gasteiger partial charge in [-0.15, -0.1) is 0 Å². The Balaban J connectivity index is 1.86. The lowest BCUT2D eigenvalue weighted by atomic mass is 10.2. The van der Waals surface area contributed by atoms with Crippen molar-refractivity contribution in [3.63, 3.8) is 0 Å². The topological polar surface area (TPSA) is 55.4 Å². The first-order valence-electron chi connectivity index (χ1n) is 5.66. The highest BCUT2D eigenvalue weighted by atomic mass is 32.2. The Morgan fingerprint density at radius 1 is 1.35 bits per heavy atom. The van der Waals surface area contributed by atoms with Crippen molar-refractivity contribution >= 4 is 9.84 Å². The molecule has 1 aliphatic heterocycles. The zero-order valence-electron chi connectivity index (χ0n) is 9.85. The molecule has 0 aliphatic carbocycles. The summed E-state index contributed by atoms with van der Waals surface area (Å²) < 4.78 is 27.6. The van der Waals surface area contributed by atoms with E-state index < -0.39 is 9.84 Å². The van der Waals surface area contributed by atoms with Crippen LogP contribution in [0, 0.1) is 0 Å². The standard InChI is InChI=1S/C12H17NO3S/c1-16-12-4-2-10(3-5-12)8-13-11-6-7-17(14,15)9-11/h2-5,11,13H,6-9H2,1H3/t11-/m0/s1. The number of methoxy groups -OCH3 is 1. The lowest BCUT2D eigenvalue weighted by Crippen LogP contribution is -2.29. The number of sulfone groups is 1. The Labute approximate surface area is 102 Å². The largest absolute Gasteiger partial charge is 0.497 e. The van der Waals surface area contributed by atoms with Crippen molar-refractivity contribution < 1.29 is 13.2 Å². The van der Waals surface area contributed by atoms with Crippen LogP contribution in [0.1, 0.15) is 12.0 Å². The monoisotopic (exact) mass is 255 g/mol. The molecule has 94 valence electrons. The van der Waals surface area contributed by atoms with E-state index in [4.69, 9.17) is 4.74 Å². The third-order valence-electron chi connectivity index (χ3n) is 2.99. The normalized spacial score (nSPS) is 22.5. The Morgan fingerprint density at radius 3 is 2.59 bits per heavy atom. The summed E-state index contributed by atoms with van der Waals surface area (Å²) in [6, 6.07) is 7.87. The average molecular weight is 255 g/mol. The van der Waals surface area contributed by atoms with E-state index in [1.54, 1.807) is 7.11 Å². The summed E-state index contributed by atoms with van der Waals surface area (Å²) in [7, 11) is -1.16. The first kappa shape index (κ1) is 12.4. The van der Waals surface area contributed by atoms with Crippen molar-refractivity contribution in [2.24, 2.45) is 0 Å². The van der Waals surface area contributed by atoms with Crippen LogP contribution >= 0.6 is 0 Å². The van der Waals surface area contributed by atoms with Gasteiger partial charge in [0, 0.05) is 12.6 Å². The molecule has 1 fully saturated rings. The molecule has 1 aromatic rings. The molecule has 2 rings (SSSR count). The minimum atomic E-state index is -2.79. The molecule has 1 aromatic carbocycles. The van der Waals surface area contributed by atoms with Crippen LogP contribution in [-0.4, -0.2) is 33.1 Å². The highest BCUT2D eigenvalue weighted by molar-refractivity contribution is 7.91. The molecule has 5 heteroatoms. The van der Waals surface area contributed by atoms with Crippen molar-refractivity contribution in [3.8, 4) is 5.75 Å². The van der Waals surface area contributed by atoms with Gasteiger partial charge in [-0.05, 0) is 24.1 Å². The lowest BCUT2D eigenvalue weighted by Gasteiger charge is -2.10. The van der Waals surface area contributed by atoms with E-state index in [0.29, 0.717) is 12.3 Å². The minimum absolute atomic E-state index is 0.0992. The highest BCUT2D eigenvalue weighted by Crippen LogP contribution is 2.14. The molecule has 4 nitrogen and oxygen atoms in total. The number of ether oxygens (including phenoxy) is 1. The predicted molar refractivity (Wildman–Crippen MR) is 66.9 cm³/mol. The molecule has 0 spiro atoms. The number of nitrogens with one attached hydrogen (secondary N) is 1. The summed E-state index contributed by atoms with van der Waals surface area (Å²) in [5.41, 5.74) is 1.13. The molecule has 0 radical (unpaired) electrons. The molecule has 0 amide bonds. The number of hydrogen-bond donors (Lipinski definition) is 1. The molecule has 0 bridgehead atoms. The van der Waals surface area contributed by atoms with Gasteiger partial charge in [-0.1, -0.05) is 12.1 Å². The molecule has 1 saturated heterocycles. The molecule has 17 heavy (non-hydrogen) atoms. The third kappa shape index (κ3) is 3.44. The van der Waals surface area contributed by atoms with Crippen LogP contribution < -0.4 is 10.1 Å². The van der Waals surface area contributed by atoms with E-state index >= 15 is 0 Å². The number of hydrogen-bond acceptors (Lipinski definition) is 4. The molecular weight excluding hydrogens is 238 g/mol. The molecule has 1 atom stereocenters. The van der Waals surface area contributed by atoms with Crippen molar-refractivity contribution in [2.45, 2.75) is 19.0 Å². The Hall–Kier alpha value is -1.07. The van der Waals surface area contributed by atoms with Gasteiger partial charge in [-0.3, -0.25) is 0 Å². The van der Waals surface area contributed by atoms with Gasteiger partial charge in [0.1, 0.15) is 5.75 Å². The second-order valence-corrected chi connectivity index (χ2v) is 6.56. The van der Waals surface area contributed by atoms with Crippen molar-refractivity contribution in [1.29, 1.82) is 0 Å². The summed E-state index contributed by atoms with van der Waals surface area (Å²) in [5.74, 6) is 1.41. The summed E-state index contributed by atoms with van der Waals surface area (Å²) >= 11 is 0. The van der Waals surface area contributed by atoms with Gasteiger partial charge in [-0.25, -0.2) is 8.42 Å². The van der Waals surface area contributed by atoms with Crippen molar-refractivity contribution in [2.75, 3.05) is 18.6 Å². The number of benzene rings is 1. The van der Waals surface area contributed by atoms with Gasteiger partial charge < -0.3 is 10.1 Å². The molecule has 0 saturated carbocycles. The first-order valence-corrected chi connectivity index (χ1v) is 7.48. The second-order valence-electron chi connectivity index (χ2n) is 4.33. The second kappa shape index (κ2) is 5.06. The Morgan fingerprint density at radius 2 is 2.06 bits per heavy atom. The van der Waals surface area contributed by atoms with Gasteiger partial charge in [0.25, 0.3) is 0 Å². The zero-order valence-corrected chi connectivity index (χ0v) is 10.7. The van der Waals surface area contributed by atoms with Crippen LogP contribution in [0.4, 0.5) is 0 Å². The van der Waals surface area contributed by atoms with E-state index in [1.807, 2.05) is 24.3 Å². The van der Waals surface area contributed by atoms with Gasteiger partial charge in [0.15, 0.2) is 9.84 Å². The van der Waals surface area contributed by atoms with E-state index in [1.165, 1.54) is 0 Å². The molecule has 1 N–H and O–H groups in total. The predicted octanol–water partition coefficient (Wildman–Crippen LogP) is 0.972. The van der Waals surface area contributed by atoms with Crippen LogP contribution in [-0.2, 0) is 16.4 Å². The summed E-state index contributed by atoms with van der Waals surface area (Å²) in [4.78, 5) is 0. The van der Waals surface area contributed by atoms with Gasteiger partial charge >= 0.3 is 0 Å². The van der Waals surface area contributed by atoms with E-state index in [-0.39, 0.29) is 11.8 Å². The fraction of sp³-hybridized carbons (Fsp3) is 0.500. The van der Waals surface area contributed by atoms with Gasteiger partial charge in [0.05, 0.1) is 18.6 Å². The van der Waals surface area contributed by atoms with Crippen LogP contribution in [0.3, 0.4) is 0 Å². The minimum Gasteiger partial charge on any atom is -0.497 e. The SMILES string of the molecule is COc1ccc(CN[C@H]2CCS(=O)(=O)C2)cc1. The number of rotatable bonds is 4. The maximum absolute atomic E-state index is 11.3. The molecule has 0 aromatic heterocycles. The first-order chi connectivity index (χ1) is 8.09. The lowest BCUT2D eigenvalue weighted by molar-refractivity contribution is 0.414. The molecule has 1 heterocycles. The molecule has 0 unspecified atom stereocenters. The fourth-order valence-corrected chi connectivity index (χ4v) is 3.67.